The fraction of sp³-hybridized carbons (Fsp3) is 0.350. The van der Waals surface area contributed by atoms with E-state index in [9.17, 15) is 4.79 Å². The molecule has 1 heterocycles. The van der Waals surface area contributed by atoms with Gasteiger partial charge < -0.3 is 15.4 Å². The van der Waals surface area contributed by atoms with E-state index in [2.05, 4.69) is 0 Å². The van der Waals surface area contributed by atoms with E-state index in [1.165, 1.54) is 0 Å². The number of ether oxygens (including phenoxy) is 1. The number of carbonyl (C=O) groups excluding carboxylic acids is 1. The molecule has 1 amide bonds. The van der Waals surface area contributed by atoms with Gasteiger partial charge in [-0.05, 0) is 36.1 Å². The van der Waals surface area contributed by atoms with Crippen LogP contribution >= 0.6 is 0 Å². The van der Waals surface area contributed by atoms with E-state index < -0.39 is 0 Å². The van der Waals surface area contributed by atoms with E-state index in [1.54, 1.807) is 0 Å². The second-order valence-corrected chi connectivity index (χ2v) is 6.21. The standard InChI is InChI=1S/C20H24N2O2/c21-13-16-8-10-18(11-9-16)20(23)22(15-19-7-4-12-24-19)14-17-5-2-1-3-6-17/h1-3,5-6,8-11,19H,4,7,12-15,21H2. The molecular weight excluding hydrogens is 300 g/mol. The van der Waals surface area contributed by atoms with Gasteiger partial charge in [-0.2, -0.15) is 0 Å². The molecule has 0 aliphatic carbocycles. The van der Waals surface area contributed by atoms with Crippen molar-refractivity contribution in [3.63, 3.8) is 0 Å². The summed E-state index contributed by atoms with van der Waals surface area (Å²) in [6.45, 7) is 2.51. The molecule has 0 spiro atoms. The maximum Gasteiger partial charge on any atom is 0.254 e. The smallest absolute Gasteiger partial charge is 0.254 e. The van der Waals surface area contributed by atoms with Crippen LogP contribution in [0.4, 0.5) is 0 Å². The Balaban J connectivity index is 1.77. The summed E-state index contributed by atoms with van der Waals surface area (Å²) in [5.41, 5.74) is 8.49. The van der Waals surface area contributed by atoms with Gasteiger partial charge in [0.05, 0.1) is 6.10 Å². The normalized spacial score (nSPS) is 17.0. The molecule has 1 atom stereocenters. The Labute approximate surface area is 143 Å². The molecule has 4 heteroatoms. The van der Waals surface area contributed by atoms with Crippen LogP contribution in [0.15, 0.2) is 54.6 Å². The van der Waals surface area contributed by atoms with E-state index in [0.717, 1.165) is 30.6 Å². The summed E-state index contributed by atoms with van der Waals surface area (Å²) < 4.78 is 5.73. The monoisotopic (exact) mass is 324 g/mol. The SMILES string of the molecule is NCc1ccc(C(=O)N(Cc2ccccc2)CC2CCCO2)cc1. The van der Waals surface area contributed by atoms with Crippen LogP contribution in [0.3, 0.4) is 0 Å². The quantitative estimate of drug-likeness (QED) is 0.889. The molecule has 2 aromatic rings. The van der Waals surface area contributed by atoms with Crippen molar-refractivity contribution >= 4 is 5.91 Å². The highest BCUT2D eigenvalue weighted by atomic mass is 16.5. The summed E-state index contributed by atoms with van der Waals surface area (Å²) in [5, 5.41) is 0. The minimum absolute atomic E-state index is 0.0397. The first-order valence-electron chi connectivity index (χ1n) is 8.50. The summed E-state index contributed by atoms with van der Waals surface area (Å²) in [6.07, 6.45) is 2.23. The average molecular weight is 324 g/mol. The Morgan fingerprint density at radius 1 is 1.08 bits per heavy atom. The van der Waals surface area contributed by atoms with E-state index >= 15 is 0 Å². The van der Waals surface area contributed by atoms with E-state index in [1.807, 2.05) is 59.5 Å². The van der Waals surface area contributed by atoms with E-state index in [4.69, 9.17) is 10.5 Å². The predicted octanol–water partition coefficient (Wildman–Crippen LogP) is 2.97. The number of hydrogen-bond donors (Lipinski definition) is 1. The van der Waals surface area contributed by atoms with Crippen LogP contribution < -0.4 is 5.73 Å². The average Bonchev–Trinajstić information content (AvgIpc) is 3.15. The number of amides is 1. The number of nitrogens with two attached hydrogens (primary N) is 1. The van der Waals surface area contributed by atoms with Crippen molar-refractivity contribution in [3.8, 4) is 0 Å². The summed E-state index contributed by atoms with van der Waals surface area (Å²) in [7, 11) is 0. The van der Waals surface area contributed by atoms with Crippen molar-refractivity contribution in [3.05, 3.63) is 71.3 Å². The lowest BCUT2D eigenvalue weighted by Gasteiger charge is -2.26. The Morgan fingerprint density at radius 2 is 1.83 bits per heavy atom. The number of nitrogens with zero attached hydrogens (tertiary/aromatic N) is 1. The molecule has 0 bridgehead atoms. The largest absolute Gasteiger partial charge is 0.376 e. The van der Waals surface area contributed by atoms with Gasteiger partial charge in [-0.15, -0.1) is 0 Å². The minimum Gasteiger partial charge on any atom is -0.376 e. The molecule has 1 saturated heterocycles. The van der Waals surface area contributed by atoms with E-state index in [-0.39, 0.29) is 12.0 Å². The maximum absolute atomic E-state index is 13.0. The first-order valence-corrected chi connectivity index (χ1v) is 8.50. The molecule has 0 radical (unpaired) electrons. The highest BCUT2D eigenvalue weighted by Crippen LogP contribution is 2.17. The van der Waals surface area contributed by atoms with E-state index in [0.29, 0.717) is 25.2 Å². The number of benzene rings is 2. The number of hydrogen-bond acceptors (Lipinski definition) is 3. The Bertz CT molecular complexity index is 649. The maximum atomic E-state index is 13.0. The van der Waals surface area contributed by atoms with Gasteiger partial charge >= 0.3 is 0 Å². The van der Waals surface area contributed by atoms with Crippen molar-refractivity contribution in [1.82, 2.24) is 4.90 Å². The fourth-order valence-electron chi connectivity index (χ4n) is 3.02. The number of carbonyl (C=O) groups is 1. The molecule has 126 valence electrons. The molecule has 1 fully saturated rings. The lowest BCUT2D eigenvalue weighted by atomic mass is 10.1. The first-order chi connectivity index (χ1) is 11.8. The van der Waals surface area contributed by atoms with Crippen molar-refractivity contribution in [2.24, 2.45) is 5.73 Å². The van der Waals surface area contributed by atoms with Gasteiger partial charge in [0.2, 0.25) is 0 Å². The zero-order valence-electron chi connectivity index (χ0n) is 13.9. The minimum atomic E-state index is 0.0397. The van der Waals surface area contributed by atoms with Gasteiger partial charge in [0.15, 0.2) is 0 Å². The Hall–Kier alpha value is -2.17. The lowest BCUT2D eigenvalue weighted by Crippen LogP contribution is -2.37. The van der Waals surface area contributed by atoms with Crippen molar-refractivity contribution in [2.45, 2.75) is 32.0 Å². The van der Waals surface area contributed by atoms with Crippen LogP contribution in [0.2, 0.25) is 0 Å². The van der Waals surface area contributed by atoms with Gasteiger partial charge in [-0.25, -0.2) is 0 Å². The molecule has 3 rings (SSSR count). The summed E-state index contributed by atoms with van der Waals surface area (Å²) in [5.74, 6) is 0.0397. The van der Waals surface area contributed by atoms with Crippen molar-refractivity contribution < 1.29 is 9.53 Å². The molecule has 24 heavy (non-hydrogen) atoms. The van der Waals surface area contributed by atoms with Gasteiger partial charge in [0.25, 0.3) is 5.91 Å². The van der Waals surface area contributed by atoms with Gasteiger partial charge in [-0.1, -0.05) is 42.5 Å². The first kappa shape index (κ1) is 16.7. The molecule has 0 aromatic heterocycles. The highest BCUT2D eigenvalue weighted by Gasteiger charge is 2.23. The van der Waals surface area contributed by atoms with Crippen LogP contribution in [0.5, 0.6) is 0 Å². The van der Waals surface area contributed by atoms with Gasteiger partial charge in [0.1, 0.15) is 0 Å². The molecule has 2 N–H and O–H groups in total. The topological polar surface area (TPSA) is 55.6 Å². The van der Waals surface area contributed by atoms with Crippen LogP contribution in [0.1, 0.15) is 34.3 Å². The van der Waals surface area contributed by atoms with Crippen LogP contribution in [0, 0.1) is 0 Å². The third-order valence-corrected chi connectivity index (χ3v) is 4.39. The predicted molar refractivity (Wildman–Crippen MR) is 94.5 cm³/mol. The molecular formula is C20H24N2O2. The van der Waals surface area contributed by atoms with Crippen molar-refractivity contribution in [1.29, 1.82) is 0 Å². The molecule has 1 aliphatic rings. The Kier molecular flexibility index (Phi) is 5.62. The van der Waals surface area contributed by atoms with Crippen molar-refractivity contribution in [2.75, 3.05) is 13.2 Å². The zero-order valence-corrected chi connectivity index (χ0v) is 13.9. The van der Waals surface area contributed by atoms with Gasteiger partial charge in [-0.3, -0.25) is 4.79 Å². The summed E-state index contributed by atoms with van der Waals surface area (Å²) in [4.78, 5) is 14.9. The van der Waals surface area contributed by atoms with Crippen LogP contribution in [0.25, 0.3) is 0 Å². The third-order valence-electron chi connectivity index (χ3n) is 4.39. The Morgan fingerprint density at radius 3 is 2.46 bits per heavy atom. The van der Waals surface area contributed by atoms with Crippen LogP contribution in [-0.4, -0.2) is 30.1 Å². The van der Waals surface area contributed by atoms with Gasteiger partial charge in [0, 0.05) is 31.8 Å². The number of rotatable bonds is 6. The second kappa shape index (κ2) is 8.08. The fourth-order valence-corrected chi connectivity index (χ4v) is 3.02. The zero-order chi connectivity index (χ0) is 16.8. The molecule has 0 saturated carbocycles. The molecule has 4 nitrogen and oxygen atoms in total. The molecule has 1 unspecified atom stereocenters. The second-order valence-electron chi connectivity index (χ2n) is 6.21. The summed E-state index contributed by atoms with van der Waals surface area (Å²) in [6, 6.07) is 17.6. The summed E-state index contributed by atoms with van der Waals surface area (Å²) >= 11 is 0. The molecule has 2 aromatic carbocycles. The van der Waals surface area contributed by atoms with Crippen LogP contribution in [-0.2, 0) is 17.8 Å². The highest BCUT2D eigenvalue weighted by molar-refractivity contribution is 5.94. The molecule has 1 aliphatic heterocycles. The third kappa shape index (κ3) is 4.22. The lowest BCUT2D eigenvalue weighted by molar-refractivity contribution is 0.0507.